The number of halogens is 2. The predicted octanol–water partition coefficient (Wildman–Crippen LogP) is 7.97. The quantitative estimate of drug-likeness (QED) is 0.0777. The normalized spacial score (nSPS) is 21.8. The van der Waals surface area contributed by atoms with Crippen molar-refractivity contribution in [1.82, 2.24) is 29.6 Å². The molecule has 2 aliphatic carbocycles. The minimum atomic E-state index is -2.66. The van der Waals surface area contributed by atoms with Gasteiger partial charge in [-0.15, -0.1) is 0 Å². The van der Waals surface area contributed by atoms with E-state index >= 15 is 0 Å². The highest BCUT2D eigenvalue weighted by molar-refractivity contribution is 6.21. The van der Waals surface area contributed by atoms with Crippen LogP contribution < -0.4 is 0 Å². The molecule has 3 atom stereocenters. The zero-order chi connectivity index (χ0) is 40.8. The number of rotatable bonds is 17. The summed E-state index contributed by atoms with van der Waals surface area (Å²) >= 11 is 0. The number of aromatic nitrogens is 2. The minimum Gasteiger partial charge on any atom is -0.447 e. The lowest BCUT2D eigenvalue weighted by Gasteiger charge is -2.45. The van der Waals surface area contributed by atoms with E-state index in [4.69, 9.17) is 9.40 Å². The number of imide groups is 1. The second-order valence-electron chi connectivity index (χ2n) is 17.1. The van der Waals surface area contributed by atoms with Gasteiger partial charge in [-0.2, -0.15) is 0 Å². The SMILES string of the molecule is O=C(C[C@@H](CCN1CCN(Cc2cnco2)[C@@H](CN(CCCCN2C(=O)c3ccccc3C2=O)[C@H]2CCCc3cccnc32)C1)c1ccccc1)C1CCC(F)(F)CC1. The van der Waals surface area contributed by atoms with Gasteiger partial charge in [0.05, 0.1) is 35.6 Å². The van der Waals surface area contributed by atoms with E-state index in [1.165, 1.54) is 16.9 Å². The van der Waals surface area contributed by atoms with Crippen molar-refractivity contribution in [1.29, 1.82) is 0 Å². The van der Waals surface area contributed by atoms with E-state index < -0.39 is 5.92 Å². The van der Waals surface area contributed by atoms with Gasteiger partial charge in [0.2, 0.25) is 5.92 Å². The van der Waals surface area contributed by atoms with E-state index in [1.807, 2.05) is 30.5 Å². The summed E-state index contributed by atoms with van der Waals surface area (Å²) in [7, 11) is 0. The number of amides is 2. The van der Waals surface area contributed by atoms with Crippen LogP contribution in [0.15, 0.2) is 89.9 Å². The molecule has 0 bridgehead atoms. The molecule has 12 heteroatoms. The lowest BCUT2D eigenvalue weighted by atomic mass is 9.79. The minimum absolute atomic E-state index is 0.0142. The van der Waals surface area contributed by atoms with E-state index in [1.54, 1.807) is 30.5 Å². The summed E-state index contributed by atoms with van der Waals surface area (Å²) in [6.07, 6.45) is 11.1. The third kappa shape index (κ3) is 9.88. The molecule has 2 aliphatic heterocycles. The molecule has 2 aromatic heterocycles. The third-order valence-corrected chi connectivity index (χ3v) is 13.2. The number of ketones is 1. The molecule has 59 heavy (non-hydrogen) atoms. The molecule has 2 amide bonds. The number of piperazine rings is 1. The highest BCUT2D eigenvalue weighted by Crippen LogP contribution is 2.39. The van der Waals surface area contributed by atoms with E-state index in [-0.39, 0.29) is 67.2 Å². The molecule has 312 valence electrons. The first-order valence-corrected chi connectivity index (χ1v) is 21.6. The molecular weight excluding hydrogens is 751 g/mol. The Kier molecular flexibility index (Phi) is 13.0. The Hall–Kier alpha value is -4.65. The number of Topliss-reactive ketones (excluding diaryl/α,β-unsaturated/α-hetero) is 1. The van der Waals surface area contributed by atoms with Crippen molar-refractivity contribution >= 4 is 17.6 Å². The smallest absolute Gasteiger partial charge is 0.261 e. The van der Waals surface area contributed by atoms with Gasteiger partial charge in [0, 0.05) is 70.1 Å². The summed E-state index contributed by atoms with van der Waals surface area (Å²) in [6, 6.07) is 21.8. The molecule has 1 saturated carbocycles. The van der Waals surface area contributed by atoms with Crippen molar-refractivity contribution in [3.05, 3.63) is 119 Å². The molecule has 8 rings (SSSR count). The van der Waals surface area contributed by atoms with E-state index in [0.717, 1.165) is 88.4 Å². The van der Waals surface area contributed by atoms with Crippen LogP contribution in [0, 0.1) is 5.92 Å². The van der Waals surface area contributed by atoms with Gasteiger partial charge in [-0.3, -0.25) is 34.1 Å². The largest absolute Gasteiger partial charge is 0.447 e. The summed E-state index contributed by atoms with van der Waals surface area (Å²) in [6.45, 7) is 5.97. The van der Waals surface area contributed by atoms with Crippen LogP contribution in [0.2, 0.25) is 0 Å². The summed E-state index contributed by atoms with van der Waals surface area (Å²) < 4.78 is 33.7. The molecule has 1 saturated heterocycles. The van der Waals surface area contributed by atoms with Crippen LogP contribution in [-0.4, -0.2) is 105 Å². The molecule has 4 aromatic rings. The van der Waals surface area contributed by atoms with Crippen molar-refractivity contribution in [2.45, 2.75) is 101 Å². The molecule has 0 radical (unpaired) electrons. The highest BCUT2D eigenvalue weighted by atomic mass is 19.3. The second kappa shape index (κ2) is 18.7. The Morgan fingerprint density at radius 3 is 2.42 bits per heavy atom. The maximum atomic E-state index is 14.0. The highest BCUT2D eigenvalue weighted by Gasteiger charge is 2.39. The lowest BCUT2D eigenvalue weighted by molar-refractivity contribution is -0.127. The van der Waals surface area contributed by atoms with Crippen LogP contribution in [-0.2, 0) is 17.8 Å². The zero-order valence-corrected chi connectivity index (χ0v) is 33.9. The van der Waals surface area contributed by atoms with E-state index in [9.17, 15) is 23.2 Å². The summed E-state index contributed by atoms with van der Waals surface area (Å²) in [5.74, 6) is -2.42. The number of fused-ring (bicyclic) bond motifs is 2. The van der Waals surface area contributed by atoms with Crippen LogP contribution in [0.1, 0.15) is 119 Å². The summed E-state index contributed by atoms with van der Waals surface area (Å²) in [4.78, 5) is 58.0. The first-order valence-electron chi connectivity index (χ1n) is 21.6. The Balaban J connectivity index is 0.970. The first kappa shape index (κ1) is 41.1. The Morgan fingerprint density at radius 2 is 1.68 bits per heavy atom. The maximum absolute atomic E-state index is 14.0. The molecule has 0 spiro atoms. The van der Waals surface area contributed by atoms with Gasteiger partial charge < -0.3 is 9.32 Å². The number of benzene rings is 2. The number of unbranched alkanes of at least 4 members (excludes halogenated alkanes) is 1. The lowest BCUT2D eigenvalue weighted by Crippen LogP contribution is -2.57. The van der Waals surface area contributed by atoms with Crippen LogP contribution in [0.25, 0.3) is 0 Å². The van der Waals surface area contributed by atoms with Gasteiger partial charge in [0.1, 0.15) is 11.5 Å². The number of hydrogen-bond acceptors (Lipinski definition) is 9. The Morgan fingerprint density at radius 1 is 0.915 bits per heavy atom. The number of hydrogen-bond donors (Lipinski definition) is 0. The number of carbonyl (C=O) groups is 3. The van der Waals surface area contributed by atoms with Crippen molar-refractivity contribution in [2.75, 3.05) is 45.8 Å². The number of oxazole rings is 1. The van der Waals surface area contributed by atoms with Gasteiger partial charge in [0.25, 0.3) is 11.8 Å². The van der Waals surface area contributed by atoms with Gasteiger partial charge in [0.15, 0.2) is 6.39 Å². The summed E-state index contributed by atoms with van der Waals surface area (Å²) in [5.41, 5.74) is 4.53. The van der Waals surface area contributed by atoms with Crippen LogP contribution >= 0.6 is 0 Å². The van der Waals surface area contributed by atoms with E-state index in [0.29, 0.717) is 37.1 Å². The molecule has 4 aliphatic rings. The van der Waals surface area contributed by atoms with Crippen LogP contribution in [0.5, 0.6) is 0 Å². The topological polar surface area (TPSA) is 103 Å². The number of aryl methyl sites for hydroxylation is 1. The molecule has 10 nitrogen and oxygen atoms in total. The predicted molar refractivity (Wildman–Crippen MR) is 220 cm³/mol. The Labute approximate surface area is 346 Å². The molecule has 2 aromatic carbocycles. The number of nitrogens with zero attached hydrogens (tertiary/aromatic N) is 6. The average molecular weight is 807 g/mol. The van der Waals surface area contributed by atoms with Gasteiger partial charge >= 0.3 is 0 Å². The summed E-state index contributed by atoms with van der Waals surface area (Å²) in [5, 5.41) is 0. The van der Waals surface area contributed by atoms with Crippen molar-refractivity contribution in [2.24, 2.45) is 5.92 Å². The monoisotopic (exact) mass is 806 g/mol. The molecule has 0 unspecified atom stereocenters. The molecular formula is C47H56F2N6O4. The fourth-order valence-corrected chi connectivity index (χ4v) is 9.90. The third-order valence-electron chi connectivity index (χ3n) is 13.2. The molecule has 4 heterocycles. The van der Waals surface area contributed by atoms with Crippen molar-refractivity contribution < 1.29 is 27.6 Å². The Bertz CT molecular complexity index is 2000. The van der Waals surface area contributed by atoms with Crippen molar-refractivity contribution in [3.8, 4) is 0 Å². The van der Waals surface area contributed by atoms with Crippen molar-refractivity contribution in [3.63, 3.8) is 0 Å². The van der Waals surface area contributed by atoms with Gasteiger partial charge in [-0.1, -0.05) is 48.5 Å². The number of alkyl halides is 2. The van der Waals surface area contributed by atoms with Crippen LogP contribution in [0.3, 0.4) is 0 Å². The van der Waals surface area contributed by atoms with E-state index in [2.05, 4.69) is 37.9 Å². The molecule has 0 N–H and O–H groups in total. The first-order chi connectivity index (χ1) is 28.7. The van der Waals surface area contributed by atoms with Crippen LogP contribution in [0.4, 0.5) is 8.78 Å². The van der Waals surface area contributed by atoms with Gasteiger partial charge in [-0.25, -0.2) is 13.8 Å². The fraction of sp³-hybridized carbons (Fsp3) is 0.511. The number of carbonyl (C=O) groups excluding carboxylic acids is 3. The average Bonchev–Trinajstić information content (AvgIpc) is 3.86. The number of pyridine rings is 1. The second-order valence-corrected chi connectivity index (χ2v) is 17.1. The standard InChI is InChI=1S/C47H56F2N6O4/c48-47(49)20-17-35(18-21-47)43(56)28-37(34-10-2-1-3-11-34)19-25-52-26-27-53(32-39-29-50-33-59-39)38(30-52)31-54(42-16-8-12-36-13-9-22-51-44(36)42)23-6-7-24-55-45(57)40-14-4-5-15-41(40)46(55)58/h1-5,9-11,13-15,22,29,33,35,37-38,42H,6-8,12,16-21,23-28,30-32H2/t37-,38-,42+/m1/s1. The zero-order valence-electron chi connectivity index (χ0n) is 33.9. The van der Waals surface area contributed by atoms with Gasteiger partial charge in [-0.05, 0) is 99.7 Å². The maximum Gasteiger partial charge on any atom is 0.261 e. The molecule has 2 fully saturated rings. The fourth-order valence-electron chi connectivity index (χ4n) is 9.90.